The maximum absolute atomic E-state index is 6.83. The van der Waals surface area contributed by atoms with Crippen LogP contribution in [0, 0.1) is 0 Å². The fourth-order valence-electron chi connectivity index (χ4n) is 0. The van der Waals surface area contributed by atoms with Gasteiger partial charge in [0.05, 0.1) is 0 Å². The van der Waals surface area contributed by atoms with Crippen molar-refractivity contribution >= 4 is 24.8 Å². The number of hydrogen-bond acceptors (Lipinski definition) is 0. The Balaban J connectivity index is -0.0000000267. The third-order valence-corrected chi connectivity index (χ3v) is 0.612. The zero-order valence-corrected chi connectivity index (χ0v) is 9.19. The van der Waals surface area contributed by atoms with Crippen molar-refractivity contribution in [3.8, 4) is 0 Å². The van der Waals surface area contributed by atoms with Crippen LogP contribution in [-0.4, -0.2) is 6.04 Å². The summed E-state index contributed by atoms with van der Waals surface area (Å²) >= 11 is 0. The quantitative estimate of drug-likeness (QED) is 0.668. The summed E-state index contributed by atoms with van der Waals surface area (Å²) in [6.45, 7) is 3.90. The summed E-state index contributed by atoms with van der Waals surface area (Å²) in [5.41, 5.74) is 6.83. The molecule has 0 rings (SSSR count). The Morgan fingerprint density at radius 1 is 1.38 bits per heavy atom. The van der Waals surface area contributed by atoms with Crippen LogP contribution in [0.3, 0.4) is 0 Å². The van der Waals surface area contributed by atoms with Crippen molar-refractivity contribution in [1.82, 2.24) is 0 Å². The zero-order chi connectivity index (χ0) is 4.28. The summed E-state index contributed by atoms with van der Waals surface area (Å²) in [5, 5.41) is 0. The monoisotopic (exact) mass is 234 g/mol. The molecule has 0 heterocycles. The van der Waals surface area contributed by atoms with Crippen LogP contribution in [0.25, 0.3) is 5.73 Å². The van der Waals surface area contributed by atoms with Gasteiger partial charge in [-0.3, -0.25) is 0 Å². The first-order valence-electron chi connectivity index (χ1n) is 1.98. The fourth-order valence-corrected chi connectivity index (χ4v) is 0. The van der Waals surface area contributed by atoms with Crippen molar-refractivity contribution in [2.75, 3.05) is 0 Å². The second-order valence-electron chi connectivity index (χ2n) is 1.31. The van der Waals surface area contributed by atoms with Crippen LogP contribution < -0.4 is 0 Å². The van der Waals surface area contributed by atoms with Gasteiger partial charge in [0, 0.05) is 26.2 Å². The smallest absolute Gasteiger partial charge is 0 e. The molecule has 1 N–H and O–H groups in total. The zero-order valence-electron chi connectivity index (χ0n) is 5.10. The van der Waals surface area contributed by atoms with Gasteiger partial charge in [0.15, 0.2) is 0 Å². The molecule has 0 aliphatic heterocycles. The minimum absolute atomic E-state index is 0. The van der Waals surface area contributed by atoms with Crippen molar-refractivity contribution in [1.29, 1.82) is 0 Å². The number of rotatable bonds is 1. The largest absolute Gasteiger partial charge is 0.675 e. The molecule has 0 saturated heterocycles. The van der Waals surface area contributed by atoms with E-state index in [1.54, 1.807) is 0 Å². The molecule has 0 spiro atoms. The van der Waals surface area contributed by atoms with Crippen LogP contribution in [0.15, 0.2) is 0 Å². The van der Waals surface area contributed by atoms with E-state index < -0.39 is 0 Å². The summed E-state index contributed by atoms with van der Waals surface area (Å²) in [5.74, 6) is 0. The molecule has 1 unspecified atom stereocenters. The second kappa shape index (κ2) is 15.8. The molecule has 0 aliphatic carbocycles. The Hall–Kier alpha value is 1.42. The van der Waals surface area contributed by atoms with Crippen LogP contribution in [0.4, 0.5) is 0 Å². The first-order chi connectivity index (χ1) is 2.27. The predicted octanol–water partition coefficient (Wildman–Crippen LogP) is 2.68. The average molecular weight is 236 g/mol. The molecule has 0 aliphatic rings. The summed E-state index contributed by atoms with van der Waals surface area (Å²) in [7, 11) is 0. The van der Waals surface area contributed by atoms with E-state index in [0.717, 1.165) is 6.42 Å². The Labute approximate surface area is 82.7 Å². The summed E-state index contributed by atoms with van der Waals surface area (Å²) in [6, 6.07) is 0.134. The third kappa shape index (κ3) is 26.1. The molecule has 0 aromatic heterocycles. The van der Waals surface area contributed by atoms with E-state index in [4.69, 9.17) is 5.73 Å². The molecule has 0 amide bonds. The molecule has 52 valence electrons. The van der Waals surface area contributed by atoms with E-state index in [9.17, 15) is 0 Å². The van der Waals surface area contributed by atoms with Crippen LogP contribution in [0.2, 0.25) is 0 Å². The number of halogens is 2. The molecule has 8 heavy (non-hydrogen) atoms. The van der Waals surface area contributed by atoms with E-state index in [2.05, 4.69) is 0 Å². The molecule has 4 heteroatoms. The first-order valence-corrected chi connectivity index (χ1v) is 1.98. The van der Waals surface area contributed by atoms with E-state index >= 15 is 0 Å². The second-order valence-corrected chi connectivity index (χ2v) is 1.31. The van der Waals surface area contributed by atoms with Crippen molar-refractivity contribution in [2.24, 2.45) is 0 Å². The van der Waals surface area contributed by atoms with Gasteiger partial charge in [0.1, 0.15) is 0 Å². The molecule has 0 saturated carbocycles. The van der Waals surface area contributed by atoms with Gasteiger partial charge in [0.25, 0.3) is 0 Å². The normalized spacial score (nSPS) is 9.38. The molecule has 0 bridgehead atoms. The van der Waals surface area contributed by atoms with Gasteiger partial charge in [-0.1, -0.05) is 20.3 Å². The van der Waals surface area contributed by atoms with E-state index in [1.807, 2.05) is 13.8 Å². The molecule has 1 atom stereocenters. The fraction of sp³-hybridized carbons (Fsp3) is 1.00. The predicted molar refractivity (Wildman–Crippen MR) is 38.6 cm³/mol. The Kier molecular flexibility index (Phi) is 44.8. The molecule has 0 aromatic carbocycles. The average Bonchev–Trinajstić information content (AvgIpc) is 1.38. The van der Waals surface area contributed by atoms with E-state index in [1.165, 1.54) is 0 Å². The van der Waals surface area contributed by atoms with Gasteiger partial charge in [-0.25, -0.2) is 0 Å². The van der Waals surface area contributed by atoms with Crippen molar-refractivity contribution in [2.45, 2.75) is 26.3 Å². The maximum Gasteiger partial charge on any atom is 0 e. The van der Waals surface area contributed by atoms with Gasteiger partial charge in [-0.15, -0.1) is 30.9 Å². The summed E-state index contributed by atoms with van der Waals surface area (Å²) in [4.78, 5) is 0. The van der Waals surface area contributed by atoms with E-state index in [-0.39, 0.29) is 57.1 Å². The minimum atomic E-state index is 0. The summed E-state index contributed by atoms with van der Waals surface area (Å²) < 4.78 is 0. The standard InChI is InChI=1S/C4H10N.2ClH.Zr/c1-3-4(2)5;;;/h4-5H,3H2,1-2H3;2*1H;/q-1;;;. The van der Waals surface area contributed by atoms with Crippen molar-refractivity contribution in [3.63, 3.8) is 0 Å². The molecular formula is C4H12Cl2NZr-. The molecule has 0 radical (unpaired) electrons. The van der Waals surface area contributed by atoms with Gasteiger partial charge in [0.2, 0.25) is 0 Å². The van der Waals surface area contributed by atoms with Crippen molar-refractivity contribution in [3.05, 3.63) is 5.73 Å². The topological polar surface area (TPSA) is 23.8 Å². The minimum Gasteiger partial charge on any atom is -0.675 e. The Bertz CT molecular complexity index is 28.0. The molecule has 1 nitrogen and oxygen atoms in total. The van der Waals surface area contributed by atoms with Crippen molar-refractivity contribution < 1.29 is 26.2 Å². The van der Waals surface area contributed by atoms with E-state index in [0.29, 0.717) is 0 Å². The maximum atomic E-state index is 6.83. The molecule has 0 fully saturated rings. The Morgan fingerprint density at radius 2 is 1.50 bits per heavy atom. The number of nitrogens with one attached hydrogen (secondary N) is 1. The molecular weight excluding hydrogens is 224 g/mol. The van der Waals surface area contributed by atoms with Crippen LogP contribution in [-0.2, 0) is 26.2 Å². The first kappa shape index (κ1) is 22.7. The van der Waals surface area contributed by atoms with Crippen LogP contribution >= 0.6 is 24.8 Å². The Morgan fingerprint density at radius 3 is 1.50 bits per heavy atom. The SMILES string of the molecule is CCC(C)[NH-].Cl.Cl.[Zr]. The van der Waals surface area contributed by atoms with Crippen LogP contribution in [0.1, 0.15) is 20.3 Å². The van der Waals surface area contributed by atoms with Gasteiger partial charge in [-0.05, 0) is 0 Å². The third-order valence-electron chi connectivity index (χ3n) is 0.612. The molecule has 0 aromatic rings. The van der Waals surface area contributed by atoms with Crippen LogP contribution in [0.5, 0.6) is 0 Å². The van der Waals surface area contributed by atoms with Gasteiger partial charge in [-0.2, -0.15) is 0 Å². The van der Waals surface area contributed by atoms with Gasteiger partial charge < -0.3 is 5.73 Å². The summed E-state index contributed by atoms with van der Waals surface area (Å²) in [6.07, 6.45) is 0.972. The number of hydrogen-bond donors (Lipinski definition) is 0. The van der Waals surface area contributed by atoms with Gasteiger partial charge >= 0.3 is 0 Å².